The van der Waals surface area contributed by atoms with Crippen LogP contribution in [0.4, 0.5) is 0 Å². The summed E-state index contributed by atoms with van der Waals surface area (Å²) in [4.78, 5) is 7.94. The number of benzene rings is 1. The van der Waals surface area contributed by atoms with Crippen LogP contribution in [0.25, 0.3) is 0 Å². The SMILES string of the molecule is Cc1cc(C)c(C)c(Oc2ncnc(Cl)c2Br)c1. The first-order valence-electron chi connectivity index (χ1n) is 5.40. The third-order valence-electron chi connectivity index (χ3n) is 2.69. The van der Waals surface area contributed by atoms with Gasteiger partial charge in [0.25, 0.3) is 0 Å². The number of hydrogen-bond acceptors (Lipinski definition) is 3. The Labute approximate surface area is 119 Å². The largest absolute Gasteiger partial charge is 0.437 e. The number of ether oxygens (including phenoxy) is 1. The lowest BCUT2D eigenvalue weighted by atomic mass is 10.1. The maximum absolute atomic E-state index is 5.90. The molecule has 2 aromatic rings. The second-order valence-corrected chi connectivity index (χ2v) is 5.24. The molecule has 3 nitrogen and oxygen atoms in total. The van der Waals surface area contributed by atoms with Gasteiger partial charge in [-0.25, -0.2) is 9.97 Å². The van der Waals surface area contributed by atoms with Crippen molar-refractivity contribution in [3.63, 3.8) is 0 Å². The first kappa shape index (κ1) is 13.3. The van der Waals surface area contributed by atoms with Crippen LogP contribution in [0.1, 0.15) is 16.7 Å². The van der Waals surface area contributed by atoms with Gasteiger partial charge >= 0.3 is 0 Å². The third-order valence-corrected chi connectivity index (χ3v) is 3.92. The summed E-state index contributed by atoms with van der Waals surface area (Å²) in [7, 11) is 0. The van der Waals surface area contributed by atoms with Crippen molar-refractivity contribution < 1.29 is 4.74 Å². The second-order valence-electron chi connectivity index (χ2n) is 4.09. The van der Waals surface area contributed by atoms with Crippen LogP contribution in [-0.4, -0.2) is 9.97 Å². The first-order valence-corrected chi connectivity index (χ1v) is 6.58. The number of hydrogen-bond donors (Lipinski definition) is 0. The highest BCUT2D eigenvalue weighted by atomic mass is 79.9. The zero-order chi connectivity index (χ0) is 13.3. The van der Waals surface area contributed by atoms with Gasteiger partial charge in [-0.2, -0.15) is 0 Å². The van der Waals surface area contributed by atoms with E-state index >= 15 is 0 Å². The molecule has 0 saturated heterocycles. The zero-order valence-corrected chi connectivity index (χ0v) is 12.6. The standard InChI is InChI=1S/C13H12BrClN2O/c1-7-4-8(2)9(3)10(5-7)18-13-11(14)12(15)16-6-17-13/h4-6H,1-3H3. The third kappa shape index (κ3) is 2.65. The smallest absolute Gasteiger partial charge is 0.238 e. The molecular weight excluding hydrogens is 316 g/mol. The summed E-state index contributed by atoms with van der Waals surface area (Å²) >= 11 is 9.22. The van der Waals surface area contributed by atoms with Gasteiger partial charge in [0.15, 0.2) is 5.15 Å². The summed E-state index contributed by atoms with van der Waals surface area (Å²) in [5.41, 5.74) is 3.41. The van der Waals surface area contributed by atoms with Crippen molar-refractivity contribution >= 4 is 27.5 Å². The second kappa shape index (κ2) is 5.24. The Morgan fingerprint density at radius 3 is 2.61 bits per heavy atom. The average Bonchev–Trinajstić information content (AvgIpc) is 2.31. The van der Waals surface area contributed by atoms with E-state index in [4.69, 9.17) is 16.3 Å². The summed E-state index contributed by atoms with van der Waals surface area (Å²) < 4.78 is 6.36. The van der Waals surface area contributed by atoms with E-state index < -0.39 is 0 Å². The number of aryl methyl sites for hydroxylation is 2. The van der Waals surface area contributed by atoms with Crippen LogP contribution in [0.3, 0.4) is 0 Å². The highest BCUT2D eigenvalue weighted by Crippen LogP contribution is 2.34. The molecule has 0 saturated carbocycles. The van der Waals surface area contributed by atoms with Crippen molar-refractivity contribution in [1.82, 2.24) is 9.97 Å². The summed E-state index contributed by atoms with van der Waals surface area (Å²) in [5.74, 6) is 1.20. The Kier molecular flexibility index (Phi) is 3.88. The van der Waals surface area contributed by atoms with Crippen LogP contribution in [0.5, 0.6) is 11.6 Å². The number of aromatic nitrogens is 2. The maximum atomic E-state index is 5.90. The van der Waals surface area contributed by atoms with Gasteiger partial charge in [0.1, 0.15) is 16.5 Å². The van der Waals surface area contributed by atoms with E-state index in [0.29, 0.717) is 15.5 Å². The summed E-state index contributed by atoms with van der Waals surface area (Å²) in [6.45, 7) is 6.10. The zero-order valence-electron chi connectivity index (χ0n) is 10.3. The number of halogens is 2. The quantitative estimate of drug-likeness (QED) is 0.756. The van der Waals surface area contributed by atoms with Crippen LogP contribution < -0.4 is 4.74 Å². The van der Waals surface area contributed by atoms with E-state index in [-0.39, 0.29) is 0 Å². The molecule has 2 rings (SSSR count). The van der Waals surface area contributed by atoms with Crippen molar-refractivity contribution in [3.8, 4) is 11.6 Å². The molecule has 1 aromatic heterocycles. The number of nitrogens with zero attached hydrogens (tertiary/aromatic N) is 2. The Morgan fingerprint density at radius 2 is 1.89 bits per heavy atom. The Bertz CT molecular complexity index is 602. The fourth-order valence-corrected chi connectivity index (χ4v) is 2.03. The monoisotopic (exact) mass is 326 g/mol. The van der Waals surface area contributed by atoms with Crippen LogP contribution >= 0.6 is 27.5 Å². The lowest BCUT2D eigenvalue weighted by Crippen LogP contribution is -1.95. The molecular formula is C13H12BrClN2O. The topological polar surface area (TPSA) is 35.0 Å². The molecule has 0 amide bonds. The molecule has 0 aliphatic rings. The fraction of sp³-hybridized carbons (Fsp3) is 0.231. The van der Waals surface area contributed by atoms with Gasteiger partial charge in [0.2, 0.25) is 5.88 Å². The highest BCUT2D eigenvalue weighted by molar-refractivity contribution is 9.10. The lowest BCUT2D eigenvalue weighted by Gasteiger charge is -2.12. The van der Waals surface area contributed by atoms with E-state index in [9.17, 15) is 0 Å². The molecule has 5 heteroatoms. The van der Waals surface area contributed by atoms with Gasteiger partial charge in [-0.1, -0.05) is 17.7 Å². The highest BCUT2D eigenvalue weighted by Gasteiger charge is 2.11. The first-order chi connectivity index (χ1) is 8.49. The molecule has 94 valence electrons. The van der Waals surface area contributed by atoms with Gasteiger partial charge in [-0.15, -0.1) is 0 Å². The predicted molar refractivity (Wildman–Crippen MR) is 75.5 cm³/mol. The van der Waals surface area contributed by atoms with Gasteiger partial charge < -0.3 is 4.74 Å². The molecule has 0 unspecified atom stereocenters. The van der Waals surface area contributed by atoms with Crippen molar-refractivity contribution in [2.75, 3.05) is 0 Å². The molecule has 0 aliphatic carbocycles. The van der Waals surface area contributed by atoms with E-state index in [1.807, 2.05) is 19.9 Å². The molecule has 1 aromatic carbocycles. The minimum Gasteiger partial charge on any atom is -0.437 e. The summed E-state index contributed by atoms with van der Waals surface area (Å²) in [6.07, 6.45) is 1.38. The molecule has 0 atom stereocenters. The van der Waals surface area contributed by atoms with Crippen molar-refractivity contribution in [1.29, 1.82) is 0 Å². The molecule has 18 heavy (non-hydrogen) atoms. The van der Waals surface area contributed by atoms with E-state index in [1.54, 1.807) is 0 Å². The molecule has 0 N–H and O–H groups in total. The molecule has 0 aliphatic heterocycles. The van der Waals surface area contributed by atoms with E-state index in [1.165, 1.54) is 11.9 Å². The van der Waals surface area contributed by atoms with Crippen LogP contribution in [0.2, 0.25) is 5.15 Å². The molecule has 0 bridgehead atoms. The van der Waals surface area contributed by atoms with Gasteiger partial charge in [0, 0.05) is 0 Å². The van der Waals surface area contributed by atoms with E-state index in [2.05, 4.69) is 38.9 Å². The van der Waals surface area contributed by atoms with Crippen molar-refractivity contribution in [3.05, 3.63) is 44.8 Å². The van der Waals surface area contributed by atoms with Crippen LogP contribution in [-0.2, 0) is 0 Å². The molecule has 0 fully saturated rings. The Hall–Kier alpha value is -1.13. The normalized spacial score (nSPS) is 10.5. The van der Waals surface area contributed by atoms with E-state index in [0.717, 1.165) is 16.9 Å². The van der Waals surface area contributed by atoms with Gasteiger partial charge in [-0.05, 0) is 59.5 Å². The number of rotatable bonds is 2. The van der Waals surface area contributed by atoms with Gasteiger partial charge in [-0.3, -0.25) is 0 Å². The average molecular weight is 328 g/mol. The molecule has 1 heterocycles. The summed E-state index contributed by atoms with van der Waals surface area (Å²) in [6, 6.07) is 4.09. The maximum Gasteiger partial charge on any atom is 0.238 e. The molecule has 0 spiro atoms. The van der Waals surface area contributed by atoms with Crippen LogP contribution in [0, 0.1) is 20.8 Å². The fourth-order valence-electron chi connectivity index (χ4n) is 1.62. The molecule has 0 radical (unpaired) electrons. The van der Waals surface area contributed by atoms with Crippen molar-refractivity contribution in [2.24, 2.45) is 0 Å². The predicted octanol–water partition coefficient (Wildman–Crippen LogP) is 4.61. The van der Waals surface area contributed by atoms with Crippen molar-refractivity contribution in [2.45, 2.75) is 20.8 Å². The minimum atomic E-state index is 0.335. The minimum absolute atomic E-state index is 0.335. The Morgan fingerprint density at radius 1 is 1.17 bits per heavy atom. The lowest BCUT2D eigenvalue weighted by molar-refractivity contribution is 0.454. The van der Waals surface area contributed by atoms with Gasteiger partial charge in [0.05, 0.1) is 0 Å². The Balaban J connectivity index is 2.43. The summed E-state index contributed by atoms with van der Waals surface area (Å²) in [5, 5.41) is 0.335. The van der Waals surface area contributed by atoms with Crippen LogP contribution in [0.15, 0.2) is 22.9 Å².